The SMILES string of the molecule is Cc1cc(/C=C2/SC(=O)N(c3ccccc3)C2=O)c(C)n1-c1ccc([N+](=O)[O-])c(Cl)c1. The van der Waals surface area contributed by atoms with Crippen LogP contribution < -0.4 is 4.90 Å². The number of anilines is 1. The minimum Gasteiger partial charge on any atom is -0.318 e. The van der Waals surface area contributed by atoms with E-state index in [1.807, 2.05) is 30.5 Å². The van der Waals surface area contributed by atoms with Crippen LogP contribution in [0, 0.1) is 24.0 Å². The van der Waals surface area contributed by atoms with Crippen LogP contribution in [0.2, 0.25) is 5.02 Å². The fourth-order valence-corrected chi connectivity index (χ4v) is 4.60. The molecule has 0 saturated carbocycles. The van der Waals surface area contributed by atoms with E-state index in [0.29, 0.717) is 16.3 Å². The number of nitrogens with zero attached hydrogens (tertiary/aromatic N) is 3. The molecule has 0 atom stereocenters. The fraction of sp³-hybridized carbons (Fsp3) is 0.0909. The molecule has 2 amide bonds. The minimum atomic E-state index is -0.532. The molecule has 1 aliphatic heterocycles. The van der Waals surface area contributed by atoms with Gasteiger partial charge in [0.1, 0.15) is 5.02 Å². The van der Waals surface area contributed by atoms with Gasteiger partial charge in [-0.3, -0.25) is 19.7 Å². The number of hydrogen-bond donors (Lipinski definition) is 0. The van der Waals surface area contributed by atoms with E-state index < -0.39 is 4.92 Å². The van der Waals surface area contributed by atoms with Crippen molar-refractivity contribution in [3.8, 4) is 5.69 Å². The van der Waals surface area contributed by atoms with Gasteiger partial charge in [-0.25, -0.2) is 4.90 Å². The molecule has 9 heteroatoms. The van der Waals surface area contributed by atoms with Crippen LogP contribution in [0.15, 0.2) is 59.5 Å². The Balaban J connectivity index is 1.71. The summed E-state index contributed by atoms with van der Waals surface area (Å²) in [6.45, 7) is 3.75. The topological polar surface area (TPSA) is 85.5 Å². The number of nitro benzene ring substituents is 1. The van der Waals surface area contributed by atoms with E-state index in [9.17, 15) is 19.7 Å². The summed E-state index contributed by atoms with van der Waals surface area (Å²) < 4.78 is 1.89. The highest BCUT2D eigenvalue weighted by Gasteiger charge is 2.36. The van der Waals surface area contributed by atoms with Crippen LogP contribution in [-0.4, -0.2) is 20.6 Å². The summed E-state index contributed by atoms with van der Waals surface area (Å²) in [7, 11) is 0. The Morgan fingerprint density at radius 3 is 2.39 bits per heavy atom. The van der Waals surface area contributed by atoms with Crippen molar-refractivity contribution in [3.05, 3.63) is 91.6 Å². The van der Waals surface area contributed by atoms with Crippen molar-refractivity contribution in [2.24, 2.45) is 0 Å². The van der Waals surface area contributed by atoms with Gasteiger partial charge in [0.2, 0.25) is 0 Å². The lowest BCUT2D eigenvalue weighted by atomic mass is 10.2. The molecule has 31 heavy (non-hydrogen) atoms. The van der Waals surface area contributed by atoms with Crippen LogP contribution >= 0.6 is 23.4 Å². The zero-order chi connectivity index (χ0) is 22.3. The highest BCUT2D eigenvalue weighted by molar-refractivity contribution is 8.19. The second-order valence-electron chi connectivity index (χ2n) is 6.91. The largest absolute Gasteiger partial charge is 0.318 e. The standard InChI is InChI=1S/C22H16ClN3O4S/c1-13-10-15(14(2)24(13)17-8-9-19(26(29)30)18(23)12-17)11-20-21(27)25(22(28)31-20)16-6-4-3-5-7-16/h3-12H,1-2H3/b20-11+. The monoisotopic (exact) mass is 453 g/mol. The lowest BCUT2D eigenvalue weighted by Gasteiger charge is -2.11. The zero-order valence-electron chi connectivity index (χ0n) is 16.5. The third-order valence-electron chi connectivity index (χ3n) is 4.95. The molecule has 4 rings (SSSR count). The highest BCUT2D eigenvalue weighted by Crippen LogP contribution is 2.37. The molecule has 1 aliphatic rings. The maximum absolute atomic E-state index is 12.9. The first-order valence-corrected chi connectivity index (χ1v) is 10.4. The van der Waals surface area contributed by atoms with Crippen molar-refractivity contribution in [2.45, 2.75) is 13.8 Å². The Labute approximate surface area is 187 Å². The van der Waals surface area contributed by atoms with Crippen molar-refractivity contribution in [3.63, 3.8) is 0 Å². The number of amides is 2. The lowest BCUT2D eigenvalue weighted by molar-refractivity contribution is -0.384. The molecule has 156 valence electrons. The van der Waals surface area contributed by atoms with E-state index in [4.69, 9.17) is 11.6 Å². The van der Waals surface area contributed by atoms with Crippen molar-refractivity contribution >= 4 is 52.0 Å². The number of halogens is 1. The average molecular weight is 454 g/mol. The number of carbonyl (C=O) groups is 2. The quantitative estimate of drug-likeness (QED) is 0.279. The predicted molar refractivity (Wildman–Crippen MR) is 122 cm³/mol. The van der Waals surface area contributed by atoms with Gasteiger partial charge in [-0.05, 0) is 67.6 Å². The lowest BCUT2D eigenvalue weighted by Crippen LogP contribution is -2.27. The van der Waals surface area contributed by atoms with Crippen LogP contribution in [0.25, 0.3) is 11.8 Å². The summed E-state index contributed by atoms with van der Waals surface area (Å²) in [6.07, 6.45) is 1.69. The maximum Gasteiger partial charge on any atom is 0.298 e. The number of thioether (sulfide) groups is 1. The van der Waals surface area contributed by atoms with Crippen molar-refractivity contribution in [1.82, 2.24) is 4.57 Å². The summed E-state index contributed by atoms with van der Waals surface area (Å²) in [5, 5.41) is 10.7. The summed E-state index contributed by atoms with van der Waals surface area (Å²) in [4.78, 5) is 37.3. The normalized spacial score (nSPS) is 15.2. The second kappa shape index (κ2) is 8.05. The number of benzene rings is 2. The number of nitro groups is 1. The van der Waals surface area contributed by atoms with Crippen molar-refractivity contribution < 1.29 is 14.5 Å². The molecule has 1 aromatic heterocycles. The number of aromatic nitrogens is 1. The Morgan fingerprint density at radius 1 is 1.03 bits per heavy atom. The van der Waals surface area contributed by atoms with Crippen molar-refractivity contribution in [2.75, 3.05) is 4.90 Å². The van der Waals surface area contributed by atoms with E-state index in [1.54, 1.807) is 36.4 Å². The fourth-order valence-electron chi connectivity index (χ4n) is 3.52. The summed E-state index contributed by atoms with van der Waals surface area (Å²) in [6, 6.07) is 15.2. The number of imide groups is 1. The van der Waals surface area contributed by atoms with E-state index >= 15 is 0 Å². The molecule has 0 N–H and O–H groups in total. The van der Waals surface area contributed by atoms with Gasteiger partial charge in [0.15, 0.2) is 0 Å². The van der Waals surface area contributed by atoms with Crippen LogP contribution in [0.4, 0.5) is 16.2 Å². The third kappa shape index (κ3) is 3.75. The molecule has 0 aliphatic carbocycles. The Kier molecular flexibility index (Phi) is 5.43. The number of carbonyl (C=O) groups excluding carboxylic acids is 2. The molecule has 2 aromatic carbocycles. The zero-order valence-corrected chi connectivity index (χ0v) is 18.1. The molecular weight excluding hydrogens is 438 g/mol. The number of rotatable bonds is 4. The van der Waals surface area contributed by atoms with E-state index in [2.05, 4.69) is 0 Å². The molecule has 1 saturated heterocycles. The third-order valence-corrected chi connectivity index (χ3v) is 6.12. The molecule has 7 nitrogen and oxygen atoms in total. The van der Waals surface area contributed by atoms with Gasteiger partial charge in [-0.1, -0.05) is 29.8 Å². The first-order chi connectivity index (χ1) is 14.8. The molecule has 3 aromatic rings. The van der Waals surface area contributed by atoms with Gasteiger partial charge in [-0.2, -0.15) is 0 Å². The molecule has 1 fully saturated rings. The van der Waals surface area contributed by atoms with E-state index in [-0.39, 0.29) is 21.9 Å². The summed E-state index contributed by atoms with van der Waals surface area (Å²) >= 11 is 6.97. The second-order valence-corrected chi connectivity index (χ2v) is 8.31. The van der Waals surface area contributed by atoms with Gasteiger partial charge in [-0.15, -0.1) is 0 Å². The van der Waals surface area contributed by atoms with Gasteiger partial charge >= 0.3 is 0 Å². The Morgan fingerprint density at radius 2 is 1.74 bits per heavy atom. The first-order valence-electron chi connectivity index (χ1n) is 9.24. The Hall–Kier alpha value is -3.36. The highest BCUT2D eigenvalue weighted by atomic mass is 35.5. The Bertz CT molecular complexity index is 1270. The van der Waals surface area contributed by atoms with Crippen LogP contribution in [0.3, 0.4) is 0 Å². The van der Waals surface area contributed by atoms with Crippen LogP contribution in [0.5, 0.6) is 0 Å². The van der Waals surface area contributed by atoms with Gasteiger partial charge in [0.05, 0.1) is 15.5 Å². The molecule has 0 unspecified atom stereocenters. The molecule has 0 bridgehead atoms. The van der Waals surface area contributed by atoms with E-state index in [0.717, 1.165) is 33.6 Å². The predicted octanol–water partition coefficient (Wildman–Crippen LogP) is 5.90. The van der Waals surface area contributed by atoms with E-state index in [1.165, 1.54) is 12.1 Å². The summed E-state index contributed by atoms with van der Waals surface area (Å²) in [5.41, 5.74) is 3.47. The smallest absolute Gasteiger partial charge is 0.298 e. The van der Waals surface area contributed by atoms with Crippen molar-refractivity contribution in [1.29, 1.82) is 0 Å². The number of hydrogen-bond acceptors (Lipinski definition) is 5. The van der Waals surface area contributed by atoms with Gasteiger partial charge in [0, 0.05) is 23.1 Å². The van der Waals surface area contributed by atoms with Crippen LogP contribution in [-0.2, 0) is 4.79 Å². The minimum absolute atomic E-state index is 0.0422. The first kappa shape index (κ1) is 20.9. The molecule has 0 spiro atoms. The number of para-hydroxylation sites is 1. The molecule has 0 radical (unpaired) electrons. The molecular formula is C22H16ClN3O4S. The van der Waals surface area contributed by atoms with Crippen LogP contribution in [0.1, 0.15) is 17.0 Å². The average Bonchev–Trinajstić information content (AvgIpc) is 3.16. The van der Waals surface area contributed by atoms with Gasteiger partial charge < -0.3 is 4.57 Å². The van der Waals surface area contributed by atoms with Gasteiger partial charge in [0.25, 0.3) is 16.8 Å². The maximum atomic E-state index is 12.9. The number of aryl methyl sites for hydroxylation is 1. The summed E-state index contributed by atoms with van der Waals surface area (Å²) in [5.74, 6) is -0.371. The molecule has 2 heterocycles.